The number of nitrogens with one attached hydrogen (secondary N) is 1. The highest BCUT2D eigenvalue weighted by Crippen LogP contribution is 2.22. The summed E-state index contributed by atoms with van der Waals surface area (Å²) in [6, 6.07) is 7.80. The first-order valence-electron chi connectivity index (χ1n) is 5.41. The molecule has 0 spiro atoms. The van der Waals surface area contributed by atoms with Gasteiger partial charge in [-0.25, -0.2) is 0 Å². The molecule has 16 heavy (non-hydrogen) atoms. The standard InChI is InChI=1S/C14H15NO/c1-9(2)10(3)14(16)12-8-15-13-7-5-4-6-11(12)13/h4-9,15H,3H2,1-2H3. The smallest absolute Gasteiger partial charge is 0.190 e. The Hall–Kier alpha value is -1.83. The minimum atomic E-state index is 0.0347. The summed E-state index contributed by atoms with van der Waals surface area (Å²) in [6.07, 6.45) is 1.76. The van der Waals surface area contributed by atoms with Gasteiger partial charge < -0.3 is 4.98 Å². The lowest BCUT2D eigenvalue weighted by Crippen LogP contribution is -2.06. The third-order valence-electron chi connectivity index (χ3n) is 2.82. The lowest BCUT2D eigenvalue weighted by molar-refractivity contribution is 0.102. The van der Waals surface area contributed by atoms with Crippen LogP contribution in [0.5, 0.6) is 0 Å². The minimum Gasteiger partial charge on any atom is -0.360 e. The van der Waals surface area contributed by atoms with E-state index in [4.69, 9.17) is 0 Å². The Kier molecular flexibility index (Phi) is 2.65. The monoisotopic (exact) mass is 213 g/mol. The molecule has 1 heterocycles. The largest absolute Gasteiger partial charge is 0.360 e. The normalized spacial score (nSPS) is 10.9. The number of benzene rings is 1. The van der Waals surface area contributed by atoms with Gasteiger partial charge in [0.25, 0.3) is 0 Å². The van der Waals surface area contributed by atoms with E-state index in [1.54, 1.807) is 6.20 Å². The fourth-order valence-electron chi connectivity index (χ4n) is 1.69. The number of hydrogen-bond acceptors (Lipinski definition) is 1. The molecule has 1 N–H and O–H groups in total. The number of carbonyl (C=O) groups excluding carboxylic acids is 1. The summed E-state index contributed by atoms with van der Waals surface area (Å²) < 4.78 is 0. The van der Waals surface area contributed by atoms with Gasteiger partial charge in [0.1, 0.15) is 0 Å². The maximum atomic E-state index is 12.1. The third kappa shape index (κ3) is 1.67. The van der Waals surface area contributed by atoms with E-state index in [1.807, 2.05) is 38.1 Å². The highest BCUT2D eigenvalue weighted by Gasteiger charge is 2.16. The van der Waals surface area contributed by atoms with Crippen LogP contribution in [0.4, 0.5) is 0 Å². The van der Waals surface area contributed by atoms with Gasteiger partial charge in [0.2, 0.25) is 0 Å². The number of Topliss-reactive ketones (excluding diaryl/α,β-unsaturated/α-hetero) is 1. The molecule has 2 nitrogen and oxygen atoms in total. The van der Waals surface area contributed by atoms with Crippen molar-refractivity contribution in [2.24, 2.45) is 5.92 Å². The second kappa shape index (κ2) is 3.97. The number of aromatic amines is 1. The van der Waals surface area contributed by atoms with Crippen molar-refractivity contribution in [3.8, 4) is 0 Å². The Bertz CT molecular complexity index is 549. The molecule has 0 bridgehead atoms. The molecule has 0 aliphatic heterocycles. The maximum Gasteiger partial charge on any atom is 0.190 e. The van der Waals surface area contributed by atoms with E-state index in [1.165, 1.54) is 0 Å². The van der Waals surface area contributed by atoms with Crippen molar-refractivity contribution in [3.05, 3.63) is 48.2 Å². The van der Waals surface area contributed by atoms with E-state index in [2.05, 4.69) is 11.6 Å². The van der Waals surface area contributed by atoms with Crippen molar-refractivity contribution in [2.45, 2.75) is 13.8 Å². The Labute approximate surface area is 95.0 Å². The van der Waals surface area contributed by atoms with Gasteiger partial charge in [-0.05, 0) is 17.6 Å². The van der Waals surface area contributed by atoms with Crippen molar-refractivity contribution in [3.63, 3.8) is 0 Å². The van der Waals surface area contributed by atoms with Gasteiger partial charge >= 0.3 is 0 Å². The molecular formula is C14H15NO. The fourth-order valence-corrected chi connectivity index (χ4v) is 1.69. The molecule has 2 aromatic rings. The van der Waals surface area contributed by atoms with Gasteiger partial charge in [0.05, 0.1) is 0 Å². The highest BCUT2D eigenvalue weighted by atomic mass is 16.1. The molecule has 1 aromatic heterocycles. The van der Waals surface area contributed by atoms with Gasteiger partial charge in [-0.15, -0.1) is 0 Å². The van der Waals surface area contributed by atoms with E-state index in [0.717, 1.165) is 10.9 Å². The van der Waals surface area contributed by atoms with E-state index in [0.29, 0.717) is 11.1 Å². The van der Waals surface area contributed by atoms with Crippen LogP contribution in [0.25, 0.3) is 10.9 Å². The molecule has 0 atom stereocenters. The summed E-state index contributed by atoms with van der Waals surface area (Å²) >= 11 is 0. The zero-order valence-electron chi connectivity index (χ0n) is 9.58. The Morgan fingerprint density at radius 1 is 1.31 bits per heavy atom. The number of carbonyl (C=O) groups is 1. The molecule has 0 aliphatic rings. The molecule has 0 amide bonds. The number of rotatable bonds is 3. The summed E-state index contributed by atoms with van der Waals surface area (Å²) in [7, 11) is 0. The summed E-state index contributed by atoms with van der Waals surface area (Å²) in [4.78, 5) is 15.2. The molecule has 1 aromatic carbocycles. The van der Waals surface area contributed by atoms with E-state index < -0.39 is 0 Å². The molecule has 0 fully saturated rings. The van der Waals surface area contributed by atoms with Gasteiger partial charge in [0.15, 0.2) is 5.78 Å². The van der Waals surface area contributed by atoms with Crippen molar-refractivity contribution in [1.82, 2.24) is 4.98 Å². The molecule has 2 rings (SSSR count). The van der Waals surface area contributed by atoms with Crippen LogP contribution >= 0.6 is 0 Å². The quantitative estimate of drug-likeness (QED) is 0.613. The zero-order chi connectivity index (χ0) is 11.7. The van der Waals surface area contributed by atoms with E-state index in [9.17, 15) is 4.79 Å². The average Bonchev–Trinajstić information content (AvgIpc) is 2.70. The van der Waals surface area contributed by atoms with Gasteiger partial charge in [-0.2, -0.15) is 0 Å². The number of aromatic nitrogens is 1. The van der Waals surface area contributed by atoms with Crippen LogP contribution in [-0.4, -0.2) is 10.8 Å². The number of allylic oxidation sites excluding steroid dienone is 1. The second-order valence-corrected chi connectivity index (χ2v) is 4.26. The van der Waals surface area contributed by atoms with Crippen LogP contribution in [0, 0.1) is 5.92 Å². The van der Waals surface area contributed by atoms with Crippen molar-refractivity contribution in [1.29, 1.82) is 0 Å². The molecule has 0 unspecified atom stereocenters. The number of hydrogen-bond donors (Lipinski definition) is 1. The fraction of sp³-hybridized carbons (Fsp3) is 0.214. The van der Waals surface area contributed by atoms with Gasteiger partial charge in [-0.1, -0.05) is 38.6 Å². The predicted octanol–water partition coefficient (Wildman–Crippen LogP) is 3.56. The molecule has 82 valence electrons. The SMILES string of the molecule is C=C(C(=O)c1c[nH]c2ccccc12)C(C)C. The van der Waals surface area contributed by atoms with Crippen LogP contribution in [-0.2, 0) is 0 Å². The Morgan fingerprint density at radius 3 is 2.69 bits per heavy atom. The maximum absolute atomic E-state index is 12.1. The van der Waals surface area contributed by atoms with Crippen LogP contribution in [0.1, 0.15) is 24.2 Å². The van der Waals surface area contributed by atoms with Gasteiger partial charge in [-0.3, -0.25) is 4.79 Å². The summed E-state index contributed by atoms with van der Waals surface area (Å²) in [5.41, 5.74) is 2.36. The number of para-hydroxylation sites is 1. The first-order chi connectivity index (χ1) is 7.61. The number of fused-ring (bicyclic) bond motifs is 1. The van der Waals surface area contributed by atoms with Crippen molar-refractivity contribution < 1.29 is 4.79 Å². The second-order valence-electron chi connectivity index (χ2n) is 4.26. The molecular weight excluding hydrogens is 198 g/mol. The lowest BCUT2D eigenvalue weighted by atomic mass is 9.96. The minimum absolute atomic E-state index is 0.0347. The molecule has 2 heteroatoms. The highest BCUT2D eigenvalue weighted by molar-refractivity contribution is 6.16. The lowest BCUT2D eigenvalue weighted by Gasteiger charge is -2.06. The molecule has 0 saturated heterocycles. The Balaban J connectivity index is 2.48. The van der Waals surface area contributed by atoms with Crippen LogP contribution in [0.2, 0.25) is 0 Å². The Morgan fingerprint density at radius 2 is 2.00 bits per heavy atom. The first kappa shape index (κ1) is 10.7. The predicted molar refractivity (Wildman–Crippen MR) is 66.6 cm³/mol. The third-order valence-corrected chi connectivity index (χ3v) is 2.82. The van der Waals surface area contributed by atoms with Gasteiger partial charge in [0, 0.05) is 22.7 Å². The first-order valence-corrected chi connectivity index (χ1v) is 5.41. The van der Waals surface area contributed by atoms with Crippen LogP contribution in [0.15, 0.2) is 42.6 Å². The summed E-state index contributed by atoms with van der Waals surface area (Å²) in [5.74, 6) is 0.216. The average molecular weight is 213 g/mol. The van der Waals surface area contributed by atoms with Crippen molar-refractivity contribution >= 4 is 16.7 Å². The van der Waals surface area contributed by atoms with Crippen molar-refractivity contribution in [2.75, 3.05) is 0 Å². The molecule has 0 aliphatic carbocycles. The summed E-state index contributed by atoms with van der Waals surface area (Å²) in [6.45, 7) is 7.82. The topological polar surface area (TPSA) is 32.9 Å². The molecule has 0 saturated carbocycles. The number of H-pyrrole nitrogens is 1. The summed E-state index contributed by atoms with van der Waals surface area (Å²) in [5, 5.41) is 0.967. The zero-order valence-corrected chi connectivity index (χ0v) is 9.58. The number of ketones is 1. The molecule has 0 radical (unpaired) electrons. The van der Waals surface area contributed by atoms with Crippen LogP contribution in [0.3, 0.4) is 0 Å². The van der Waals surface area contributed by atoms with Crippen LogP contribution < -0.4 is 0 Å². The van der Waals surface area contributed by atoms with E-state index >= 15 is 0 Å². The van der Waals surface area contributed by atoms with E-state index in [-0.39, 0.29) is 11.7 Å².